The molecule has 23 heavy (non-hydrogen) atoms. The summed E-state index contributed by atoms with van der Waals surface area (Å²) in [7, 11) is 0. The highest BCUT2D eigenvalue weighted by Gasteiger charge is 2.07. The molecule has 0 bridgehead atoms. The lowest BCUT2D eigenvalue weighted by atomic mass is 10.2. The number of phenolic OH excluding ortho intramolecular Hbond substituents is 2. The van der Waals surface area contributed by atoms with E-state index in [4.69, 9.17) is 0 Å². The fourth-order valence-electron chi connectivity index (χ4n) is 2.13. The summed E-state index contributed by atoms with van der Waals surface area (Å²) in [6.07, 6.45) is 1.37. The minimum absolute atomic E-state index is 0.214. The molecular formula is C16H14N4O3. The van der Waals surface area contributed by atoms with Gasteiger partial charge in [0.05, 0.1) is 17.2 Å². The Morgan fingerprint density at radius 1 is 1.22 bits per heavy atom. The molecule has 0 aliphatic carbocycles. The summed E-state index contributed by atoms with van der Waals surface area (Å²) in [5.41, 5.74) is 4.97. The molecule has 7 heteroatoms. The normalized spacial score (nSPS) is 11.2. The van der Waals surface area contributed by atoms with Crippen LogP contribution >= 0.6 is 0 Å². The van der Waals surface area contributed by atoms with Gasteiger partial charge in [-0.15, -0.1) is 0 Å². The number of hydrogen-bond acceptors (Lipinski definition) is 5. The number of nitrogens with one attached hydrogen (secondary N) is 2. The molecule has 1 heterocycles. The van der Waals surface area contributed by atoms with Crippen LogP contribution in [0.1, 0.15) is 21.7 Å². The lowest BCUT2D eigenvalue weighted by Gasteiger charge is -2.00. The second kappa shape index (κ2) is 5.80. The molecule has 0 saturated carbocycles. The van der Waals surface area contributed by atoms with Gasteiger partial charge >= 0.3 is 0 Å². The lowest BCUT2D eigenvalue weighted by molar-refractivity contribution is 0.0955. The summed E-state index contributed by atoms with van der Waals surface area (Å²) in [5, 5.41) is 22.4. The molecule has 0 saturated heterocycles. The highest BCUT2D eigenvalue weighted by Crippen LogP contribution is 2.23. The second-order valence-electron chi connectivity index (χ2n) is 5.00. The summed E-state index contributed by atoms with van der Waals surface area (Å²) >= 11 is 0. The number of amides is 1. The van der Waals surface area contributed by atoms with Crippen molar-refractivity contribution in [1.82, 2.24) is 15.4 Å². The molecule has 0 radical (unpaired) electrons. The number of carbonyl (C=O) groups excluding carboxylic acids is 1. The molecule has 1 aromatic heterocycles. The van der Waals surface area contributed by atoms with E-state index < -0.39 is 0 Å². The van der Waals surface area contributed by atoms with Crippen molar-refractivity contribution < 1.29 is 15.0 Å². The maximum absolute atomic E-state index is 12.1. The van der Waals surface area contributed by atoms with Crippen LogP contribution in [-0.4, -0.2) is 32.3 Å². The minimum Gasteiger partial charge on any atom is -0.504 e. The largest absolute Gasteiger partial charge is 0.504 e. The predicted octanol–water partition coefficient (Wildman–Crippen LogP) is 2.05. The van der Waals surface area contributed by atoms with E-state index in [0.717, 1.165) is 16.9 Å². The van der Waals surface area contributed by atoms with Gasteiger partial charge in [-0.3, -0.25) is 4.79 Å². The van der Waals surface area contributed by atoms with E-state index in [1.54, 1.807) is 24.3 Å². The van der Waals surface area contributed by atoms with Gasteiger partial charge in [0.15, 0.2) is 11.5 Å². The molecule has 0 aliphatic rings. The number of rotatable bonds is 3. The van der Waals surface area contributed by atoms with E-state index in [1.165, 1.54) is 18.3 Å². The van der Waals surface area contributed by atoms with Crippen molar-refractivity contribution in [2.24, 2.45) is 5.10 Å². The Morgan fingerprint density at radius 2 is 2.04 bits per heavy atom. The maximum Gasteiger partial charge on any atom is 0.271 e. The molecule has 116 valence electrons. The quantitative estimate of drug-likeness (QED) is 0.337. The van der Waals surface area contributed by atoms with Gasteiger partial charge in [-0.1, -0.05) is 0 Å². The molecule has 0 aliphatic heterocycles. The van der Waals surface area contributed by atoms with E-state index in [1.807, 2.05) is 6.92 Å². The number of aromatic nitrogens is 2. The summed E-state index contributed by atoms with van der Waals surface area (Å²) in [6.45, 7) is 1.84. The Kier molecular flexibility index (Phi) is 3.68. The molecule has 3 aromatic rings. The van der Waals surface area contributed by atoms with Crippen LogP contribution < -0.4 is 5.43 Å². The lowest BCUT2D eigenvalue weighted by Crippen LogP contribution is -2.17. The van der Waals surface area contributed by atoms with Gasteiger partial charge in [-0.25, -0.2) is 10.4 Å². The highest BCUT2D eigenvalue weighted by atomic mass is 16.3. The topological polar surface area (TPSA) is 111 Å². The van der Waals surface area contributed by atoms with Crippen LogP contribution in [-0.2, 0) is 0 Å². The Morgan fingerprint density at radius 3 is 2.83 bits per heavy atom. The van der Waals surface area contributed by atoms with Crippen molar-refractivity contribution in [1.29, 1.82) is 0 Å². The summed E-state index contributed by atoms with van der Waals surface area (Å²) in [5.74, 6) is -0.0456. The van der Waals surface area contributed by atoms with Crippen LogP contribution in [0.2, 0.25) is 0 Å². The number of phenols is 2. The summed E-state index contributed by atoms with van der Waals surface area (Å²) in [4.78, 5) is 19.4. The number of hydrazone groups is 1. The second-order valence-corrected chi connectivity index (χ2v) is 5.00. The molecule has 3 rings (SSSR count). The van der Waals surface area contributed by atoms with Gasteiger partial charge in [0, 0.05) is 5.56 Å². The third kappa shape index (κ3) is 3.13. The van der Waals surface area contributed by atoms with Crippen LogP contribution in [0.25, 0.3) is 11.0 Å². The molecular weight excluding hydrogens is 296 g/mol. The average Bonchev–Trinajstić information content (AvgIpc) is 2.89. The molecule has 0 fully saturated rings. The first-order chi connectivity index (χ1) is 11.0. The van der Waals surface area contributed by atoms with Crippen LogP contribution in [0.15, 0.2) is 41.5 Å². The van der Waals surface area contributed by atoms with Crippen molar-refractivity contribution in [2.45, 2.75) is 6.92 Å². The van der Waals surface area contributed by atoms with Crippen molar-refractivity contribution in [3.05, 3.63) is 53.3 Å². The van der Waals surface area contributed by atoms with Crippen LogP contribution in [0.4, 0.5) is 0 Å². The van der Waals surface area contributed by atoms with E-state index in [-0.39, 0.29) is 17.4 Å². The molecule has 2 aromatic carbocycles. The monoisotopic (exact) mass is 310 g/mol. The zero-order chi connectivity index (χ0) is 16.4. The van der Waals surface area contributed by atoms with Crippen LogP contribution in [0, 0.1) is 6.92 Å². The Labute approximate surface area is 131 Å². The summed E-state index contributed by atoms with van der Waals surface area (Å²) in [6, 6.07) is 9.36. The van der Waals surface area contributed by atoms with Gasteiger partial charge in [-0.2, -0.15) is 5.10 Å². The minimum atomic E-state index is -0.363. The number of carbonyl (C=O) groups is 1. The van der Waals surface area contributed by atoms with Crippen molar-refractivity contribution in [2.75, 3.05) is 0 Å². The fraction of sp³-hybridized carbons (Fsp3) is 0.0625. The van der Waals surface area contributed by atoms with Gasteiger partial charge < -0.3 is 15.2 Å². The van der Waals surface area contributed by atoms with E-state index in [9.17, 15) is 15.0 Å². The number of aromatic amines is 1. The number of nitrogens with zero attached hydrogens (tertiary/aromatic N) is 2. The molecule has 4 N–H and O–H groups in total. The first-order valence-electron chi connectivity index (χ1n) is 6.85. The van der Waals surface area contributed by atoms with Crippen molar-refractivity contribution in [3.8, 4) is 11.5 Å². The zero-order valence-corrected chi connectivity index (χ0v) is 12.2. The van der Waals surface area contributed by atoms with Crippen molar-refractivity contribution >= 4 is 23.2 Å². The average molecular weight is 310 g/mol. The Hall–Kier alpha value is -3.35. The number of hydrogen-bond donors (Lipinski definition) is 4. The van der Waals surface area contributed by atoms with Gasteiger partial charge in [0.25, 0.3) is 5.91 Å². The van der Waals surface area contributed by atoms with Crippen molar-refractivity contribution in [3.63, 3.8) is 0 Å². The third-order valence-electron chi connectivity index (χ3n) is 3.24. The van der Waals surface area contributed by atoms with Gasteiger partial charge in [-0.05, 0) is 48.9 Å². The Balaban J connectivity index is 1.72. The molecule has 7 nitrogen and oxygen atoms in total. The molecule has 0 atom stereocenters. The Bertz CT molecular complexity index is 915. The number of fused-ring (bicyclic) bond motifs is 1. The zero-order valence-electron chi connectivity index (χ0n) is 12.2. The highest BCUT2D eigenvalue weighted by molar-refractivity contribution is 5.97. The number of aryl methyl sites for hydroxylation is 1. The number of imidazole rings is 1. The van der Waals surface area contributed by atoms with E-state index in [0.29, 0.717) is 11.1 Å². The van der Waals surface area contributed by atoms with Gasteiger partial charge in [0.1, 0.15) is 5.82 Å². The SMILES string of the molecule is Cc1nc2ccc(C(=O)N/N=C/c3ccc(O)c(O)c3)cc2[nH]1. The first-order valence-corrected chi connectivity index (χ1v) is 6.85. The fourth-order valence-corrected chi connectivity index (χ4v) is 2.13. The summed E-state index contributed by atoms with van der Waals surface area (Å²) < 4.78 is 0. The maximum atomic E-state index is 12.1. The number of benzene rings is 2. The van der Waals surface area contributed by atoms with E-state index >= 15 is 0 Å². The molecule has 0 spiro atoms. The number of H-pyrrole nitrogens is 1. The van der Waals surface area contributed by atoms with Crippen LogP contribution in [0.3, 0.4) is 0 Å². The number of aromatic hydroxyl groups is 2. The first kappa shape index (κ1) is 14.6. The van der Waals surface area contributed by atoms with Gasteiger partial charge in [0.2, 0.25) is 0 Å². The van der Waals surface area contributed by atoms with E-state index in [2.05, 4.69) is 20.5 Å². The third-order valence-corrected chi connectivity index (χ3v) is 3.24. The predicted molar refractivity (Wildman–Crippen MR) is 85.7 cm³/mol. The smallest absolute Gasteiger partial charge is 0.271 e. The standard InChI is InChI=1S/C16H14N4O3/c1-9-18-12-4-3-11(7-13(12)19-9)16(23)20-17-8-10-2-5-14(21)15(22)6-10/h2-8,21-22H,1H3,(H,18,19)(H,20,23)/b17-8+. The van der Waals surface area contributed by atoms with Crippen LogP contribution in [0.5, 0.6) is 11.5 Å². The molecule has 1 amide bonds. The molecule has 0 unspecified atom stereocenters.